The van der Waals surface area contributed by atoms with Crippen LogP contribution in [0.4, 0.5) is 14.1 Å². The Labute approximate surface area is 160 Å². The van der Waals surface area contributed by atoms with Gasteiger partial charge in [-0.3, -0.25) is 14.1 Å². The van der Waals surface area contributed by atoms with E-state index in [-0.39, 0.29) is 165 Å². The third kappa shape index (κ3) is 36.2. The van der Waals surface area contributed by atoms with E-state index in [0.717, 1.165) is 0 Å². The Morgan fingerprint density at radius 1 is 0.714 bits per heavy atom. The molecule has 0 aromatic carbocycles. The summed E-state index contributed by atoms with van der Waals surface area (Å²) in [6, 6.07) is 0. The molecule has 0 bridgehead atoms. The van der Waals surface area contributed by atoms with Crippen LogP contribution in [0.1, 0.15) is 0 Å². The van der Waals surface area contributed by atoms with Crippen molar-refractivity contribution in [3.05, 3.63) is 0 Å². The van der Waals surface area contributed by atoms with E-state index in [4.69, 9.17) is 0 Å². The molecule has 0 saturated heterocycles. The Hall–Kier alpha value is 4.82. The first-order chi connectivity index (χ1) is 0. The van der Waals surface area contributed by atoms with E-state index in [2.05, 4.69) is 0 Å². The van der Waals surface area contributed by atoms with Crippen LogP contribution in [0.25, 0.3) is 0 Å². The second-order valence-corrected chi connectivity index (χ2v) is 0. The minimum absolute atomic E-state index is 0. The third-order valence-corrected chi connectivity index (χ3v) is 0. The summed E-state index contributed by atoms with van der Waals surface area (Å²) in [5.41, 5.74) is 0. The fraction of sp³-hybridized carbons (Fsp3) is 0. The molecule has 0 amide bonds. The van der Waals surface area contributed by atoms with Gasteiger partial charge in [-0.05, 0) is 0 Å². The van der Waals surface area contributed by atoms with E-state index in [1.54, 1.807) is 0 Å². The smallest absolute Gasteiger partial charge is 0 e. The van der Waals surface area contributed by atoms with Crippen molar-refractivity contribution in [1.29, 1.82) is 0 Å². The van der Waals surface area contributed by atoms with Crippen molar-refractivity contribution in [2.24, 2.45) is 0 Å². The molecule has 0 rings (SSSR count). The maximum absolute atomic E-state index is 0. The molecular weight excluding hydrogens is 619 g/mol. The number of hydrogen-bond donors (Lipinski definition) is 0. The molecule has 7 heavy (non-hydrogen) atoms. The van der Waals surface area contributed by atoms with Crippen LogP contribution in [0.2, 0.25) is 0 Å². The Bertz CT molecular complexity index is 14.9. The van der Waals surface area contributed by atoms with Gasteiger partial charge in [0.25, 0.3) is 0 Å². The van der Waals surface area contributed by atoms with E-state index in [0.29, 0.717) is 0 Å². The van der Waals surface area contributed by atoms with Crippen molar-refractivity contribution in [3.8, 4) is 0 Å². The summed E-state index contributed by atoms with van der Waals surface area (Å²) in [7, 11) is 0. The predicted octanol–water partition coefficient (Wildman–Crippen LogP) is 0.455. The molecule has 0 atom stereocenters. The van der Waals surface area contributed by atoms with Crippen molar-refractivity contribution < 1.29 is 165 Å². The van der Waals surface area contributed by atoms with Crippen LogP contribution in [0, 0.1) is 118 Å². The summed E-state index contributed by atoms with van der Waals surface area (Å²) >= 11 is 0. The van der Waals surface area contributed by atoms with Crippen LogP contribution < -0.4 is 0 Å². The van der Waals surface area contributed by atoms with Crippen LogP contribution in [-0.2, 0) is 32.7 Å². The zero-order valence-corrected chi connectivity index (χ0v) is 13.5. The molecular formula is H3F3GdLuPrY. The van der Waals surface area contributed by atoms with E-state index >= 15 is 0 Å². The SMILES string of the molecule is F.F.F.[Gd].[Lu].[Pr].[Y]. The molecule has 53 valence electrons. The Balaban J connectivity index is 0. The fourth-order valence-corrected chi connectivity index (χ4v) is 0. The van der Waals surface area contributed by atoms with Gasteiger partial charge in [-0.25, -0.2) is 0 Å². The zero-order chi connectivity index (χ0) is 0. The number of halogens is 3. The second kappa shape index (κ2) is 44.9. The van der Waals surface area contributed by atoms with Gasteiger partial charge in [0.2, 0.25) is 0 Å². The number of rotatable bonds is 0. The average Bonchev–Trinajstić information content (AvgIpc) is 0. The van der Waals surface area contributed by atoms with E-state index in [1.807, 2.05) is 0 Å². The Kier molecular flexibility index (Phi) is 383. The van der Waals surface area contributed by atoms with Crippen LogP contribution in [-0.4, -0.2) is 0 Å². The van der Waals surface area contributed by atoms with Gasteiger partial charge >= 0.3 is 0 Å². The maximum atomic E-state index is 0. The largest absolute Gasteiger partial charge is 0.269 e. The summed E-state index contributed by atoms with van der Waals surface area (Å²) < 4.78 is 0. The van der Waals surface area contributed by atoms with Crippen molar-refractivity contribution in [2.45, 2.75) is 0 Å². The van der Waals surface area contributed by atoms with Gasteiger partial charge in [0.1, 0.15) is 0 Å². The Morgan fingerprint density at radius 2 is 0.714 bits per heavy atom. The molecule has 0 aliphatic rings. The van der Waals surface area contributed by atoms with E-state index < -0.39 is 0 Å². The molecule has 0 nitrogen and oxygen atoms in total. The predicted molar refractivity (Wildman–Crippen MR) is 7.51 cm³/mol. The zero-order valence-electron chi connectivity index (χ0n) is 2.99. The molecule has 0 fully saturated rings. The second-order valence-electron chi connectivity index (χ2n) is 0. The summed E-state index contributed by atoms with van der Waals surface area (Å²) in [6.07, 6.45) is 0. The summed E-state index contributed by atoms with van der Waals surface area (Å²) in [4.78, 5) is 0. The first-order valence-corrected chi connectivity index (χ1v) is 0. The quantitative estimate of drug-likeness (QED) is 0.369. The topological polar surface area (TPSA) is 0 Å². The van der Waals surface area contributed by atoms with Crippen molar-refractivity contribution in [2.75, 3.05) is 0 Å². The molecule has 3 radical (unpaired) electrons. The standard InChI is InChI=1S/3FH.Gd.Lu.Pr.Y/h3*1H;;;;. The van der Waals surface area contributed by atoms with E-state index in [1.165, 1.54) is 0 Å². The van der Waals surface area contributed by atoms with Crippen LogP contribution in [0.3, 0.4) is 0 Å². The maximum Gasteiger partial charge on any atom is 0 e. The van der Waals surface area contributed by atoms with Gasteiger partial charge in [0.15, 0.2) is 0 Å². The molecule has 0 aromatic rings. The normalized spacial score (nSPS) is 0. The Morgan fingerprint density at radius 3 is 0.714 bits per heavy atom. The summed E-state index contributed by atoms with van der Waals surface area (Å²) in [5, 5.41) is 0. The first kappa shape index (κ1) is 59.6. The molecule has 0 aliphatic carbocycles. The van der Waals surface area contributed by atoms with Gasteiger partial charge in [-0.15, -0.1) is 0 Å². The average molecular weight is 622 g/mol. The molecule has 7 heteroatoms. The van der Waals surface area contributed by atoms with Crippen LogP contribution >= 0.6 is 0 Å². The molecule has 0 unspecified atom stereocenters. The molecule has 0 aliphatic heterocycles. The molecule has 0 spiro atoms. The molecule has 0 aromatic heterocycles. The fourth-order valence-electron chi connectivity index (χ4n) is 0. The third-order valence-electron chi connectivity index (χ3n) is 0. The first-order valence-electron chi connectivity index (χ1n) is 0. The van der Waals surface area contributed by atoms with Crippen molar-refractivity contribution >= 4 is 0 Å². The minimum atomic E-state index is 0. The van der Waals surface area contributed by atoms with Gasteiger partial charge in [-0.1, -0.05) is 0 Å². The summed E-state index contributed by atoms with van der Waals surface area (Å²) in [6.45, 7) is 0. The van der Waals surface area contributed by atoms with Crippen LogP contribution in [0.5, 0.6) is 0 Å². The van der Waals surface area contributed by atoms with Crippen molar-refractivity contribution in [1.82, 2.24) is 0 Å². The molecule has 0 saturated carbocycles. The summed E-state index contributed by atoms with van der Waals surface area (Å²) in [5.74, 6) is 0. The van der Waals surface area contributed by atoms with Crippen LogP contribution in [0.15, 0.2) is 0 Å². The van der Waals surface area contributed by atoms with Gasteiger partial charge in [0.05, 0.1) is 0 Å². The molecule has 0 N–H and O–H groups in total. The molecule has 0 heterocycles. The number of hydrogen-bond acceptors (Lipinski definition) is 0. The van der Waals surface area contributed by atoms with E-state index in [9.17, 15) is 0 Å². The van der Waals surface area contributed by atoms with Gasteiger partial charge in [0, 0.05) is 151 Å². The minimum Gasteiger partial charge on any atom is -0.269 e. The van der Waals surface area contributed by atoms with Gasteiger partial charge < -0.3 is 0 Å². The van der Waals surface area contributed by atoms with Crippen molar-refractivity contribution in [3.63, 3.8) is 0 Å². The monoisotopic (exact) mass is 623 g/mol. The van der Waals surface area contributed by atoms with Gasteiger partial charge in [-0.2, -0.15) is 0 Å².